The molecule has 2 heterocycles. The molecule has 1 aromatic carbocycles. The number of piperazine rings is 1. The van der Waals surface area contributed by atoms with E-state index < -0.39 is 9.84 Å². The third-order valence-electron chi connectivity index (χ3n) is 6.12. The zero-order valence-corrected chi connectivity index (χ0v) is 18.5. The lowest BCUT2D eigenvalue weighted by Gasteiger charge is -2.39. The van der Waals surface area contributed by atoms with Gasteiger partial charge in [0.1, 0.15) is 5.75 Å². The van der Waals surface area contributed by atoms with Gasteiger partial charge in [0.25, 0.3) is 0 Å². The molecule has 8 heteroatoms. The Morgan fingerprint density at radius 2 is 1.86 bits per heavy atom. The van der Waals surface area contributed by atoms with Crippen LogP contribution in [0.1, 0.15) is 26.7 Å². The van der Waals surface area contributed by atoms with E-state index in [4.69, 9.17) is 4.74 Å². The maximum Gasteiger partial charge on any atom is 0.237 e. The molecule has 0 bridgehead atoms. The lowest BCUT2D eigenvalue weighted by molar-refractivity contribution is -0.136. The van der Waals surface area contributed by atoms with Crippen molar-refractivity contribution < 1.29 is 17.9 Å². The molecular weight excluding hydrogens is 390 g/mol. The molecule has 7 nitrogen and oxygen atoms in total. The summed E-state index contributed by atoms with van der Waals surface area (Å²) in [5.74, 6) is 1.20. The van der Waals surface area contributed by atoms with Gasteiger partial charge in [-0.2, -0.15) is 0 Å². The Labute approximate surface area is 174 Å². The van der Waals surface area contributed by atoms with Gasteiger partial charge in [0, 0.05) is 44.0 Å². The van der Waals surface area contributed by atoms with Crippen LogP contribution in [0.25, 0.3) is 0 Å². The van der Waals surface area contributed by atoms with Crippen LogP contribution in [0.2, 0.25) is 0 Å². The van der Waals surface area contributed by atoms with E-state index in [1.54, 1.807) is 7.11 Å². The van der Waals surface area contributed by atoms with E-state index in [0.29, 0.717) is 13.0 Å². The molecule has 2 fully saturated rings. The molecule has 0 spiro atoms. The molecule has 1 aromatic rings. The molecule has 0 unspecified atom stereocenters. The average Bonchev–Trinajstić information content (AvgIpc) is 3.07. The summed E-state index contributed by atoms with van der Waals surface area (Å²) in [6.07, 6.45) is 1.39. The van der Waals surface area contributed by atoms with Crippen LogP contribution in [0, 0.1) is 0 Å². The number of hydrogen-bond acceptors (Lipinski definition) is 6. The summed E-state index contributed by atoms with van der Waals surface area (Å²) < 4.78 is 29.1. The molecule has 2 aliphatic heterocycles. The standard InChI is InChI=1S/C21H33N3O4S/c1-4-17(2)24(19-9-14-29(26,27)16-19)21(25)15-22-10-12-23(13-11-22)18-5-7-20(28-3)8-6-18/h5-8,17,19H,4,9-16H2,1-3H3/t17-,19+/m0/s1. The first kappa shape index (κ1) is 21.9. The van der Waals surface area contributed by atoms with E-state index in [2.05, 4.69) is 21.9 Å². The van der Waals surface area contributed by atoms with E-state index in [1.807, 2.05) is 30.9 Å². The van der Waals surface area contributed by atoms with Crippen LogP contribution < -0.4 is 9.64 Å². The van der Waals surface area contributed by atoms with Gasteiger partial charge in [0.15, 0.2) is 9.84 Å². The van der Waals surface area contributed by atoms with Crippen molar-refractivity contribution in [3.63, 3.8) is 0 Å². The molecule has 0 aliphatic carbocycles. The van der Waals surface area contributed by atoms with Gasteiger partial charge in [0.05, 0.1) is 25.2 Å². The maximum atomic E-state index is 13.1. The second-order valence-corrected chi connectivity index (χ2v) is 10.3. The normalized spacial score (nSPS) is 23.0. The number of methoxy groups -OCH3 is 1. The summed E-state index contributed by atoms with van der Waals surface area (Å²) in [5, 5.41) is 0. The smallest absolute Gasteiger partial charge is 0.237 e. The average molecular weight is 424 g/mol. The molecule has 0 aromatic heterocycles. The Balaban J connectivity index is 1.57. The highest BCUT2D eigenvalue weighted by Gasteiger charge is 2.37. The van der Waals surface area contributed by atoms with Gasteiger partial charge in [-0.15, -0.1) is 0 Å². The first-order valence-corrected chi connectivity index (χ1v) is 12.3. The van der Waals surface area contributed by atoms with Gasteiger partial charge in [0.2, 0.25) is 5.91 Å². The fraction of sp³-hybridized carbons (Fsp3) is 0.667. The number of anilines is 1. The summed E-state index contributed by atoms with van der Waals surface area (Å²) in [6, 6.07) is 7.93. The monoisotopic (exact) mass is 423 g/mol. The fourth-order valence-electron chi connectivity index (χ4n) is 4.23. The highest BCUT2D eigenvalue weighted by molar-refractivity contribution is 7.91. The van der Waals surface area contributed by atoms with Crippen LogP contribution in [-0.2, 0) is 14.6 Å². The lowest BCUT2D eigenvalue weighted by atomic mass is 10.1. The third kappa shape index (κ3) is 5.42. The molecule has 3 rings (SSSR count). The van der Waals surface area contributed by atoms with Crippen molar-refractivity contribution in [1.29, 1.82) is 0 Å². The summed E-state index contributed by atoms with van der Waals surface area (Å²) >= 11 is 0. The van der Waals surface area contributed by atoms with Gasteiger partial charge >= 0.3 is 0 Å². The van der Waals surface area contributed by atoms with Crippen LogP contribution in [0.5, 0.6) is 5.75 Å². The molecular formula is C21H33N3O4S. The SMILES string of the molecule is CC[C@H](C)N(C(=O)CN1CCN(c2ccc(OC)cc2)CC1)[C@@H]1CCS(=O)(=O)C1. The predicted octanol–water partition coefficient (Wildman–Crippen LogP) is 1.63. The van der Waals surface area contributed by atoms with Crippen LogP contribution in [0.4, 0.5) is 5.69 Å². The van der Waals surface area contributed by atoms with E-state index >= 15 is 0 Å². The van der Waals surface area contributed by atoms with Gasteiger partial charge < -0.3 is 14.5 Å². The minimum atomic E-state index is -3.01. The Bertz CT molecular complexity index is 789. The van der Waals surface area contributed by atoms with Gasteiger partial charge in [-0.3, -0.25) is 9.69 Å². The number of hydrogen-bond donors (Lipinski definition) is 0. The summed E-state index contributed by atoms with van der Waals surface area (Å²) in [5.41, 5.74) is 1.16. The van der Waals surface area contributed by atoms with Gasteiger partial charge in [-0.1, -0.05) is 6.92 Å². The van der Waals surface area contributed by atoms with Crippen molar-refractivity contribution in [2.24, 2.45) is 0 Å². The number of ether oxygens (including phenoxy) is 1. The highest BCUT2D eigenvalue weighted by Crippen LogP contribution is 2.23. The Morgan fingerprint density at radius 3 is 2.38 bits per heavy atom. The van der Waals surface area contributed by atoms with Crippen molar-refractivity contribution in [3.05, 3.63) is 24.3 Å². The number of rotatable bonds is 7. The minimum Gasteiger partial charge on any atom is -0.497 e. The highest BCUT2D eigenvalue weighted by atomic mass is 32.2. The Kier molecular flexibility index (Phi) is 7.05. The van der Waals surface area contributed by atoms with Crippen molar-refractivity contribution in [1.82, 2.24) is 9.80 Å². The predicted molar refractivity (Wildman–Crippen MR) is 115 cm³/mol. The number of benzene rings is 1. The summed E-state index contributed by atoms with van der Waals surface area (Å²) in [6.45, 7) is 7.77. The number of nitrogens with zero attached hydrogens (tertiary/aromatic N) is 3. The third-order valence-corrected chi connectivity index (χ3v) is 7.87. The number of carbonyl (C=O) groups is 1. The topological polar surface area (TPSA) is 70.2 Å². The van der Waals surface area contributed by atoms with Crippen molar-refractivity contribution >= 4 is 21.4 Å². The first-order valence-electron chi connectivity index (χ1n) is 10.5. The van der Waals surface area contributed by atoms with Crippen LogP contribution in [-0.4, -0.2) is 87.5 Å². The molecule has 29 heavy (non-hydrogen) atoms. The van der Waals surface area contributed by atoms with Crippen LogP contribution >= 0.6 is 0 Å². The summed E-state index contributed by atoms with van der Waals surface area (Å²) in [7, 11) is -1.35. The molecule has 0 saturated carbocycles. The van der Waals surface area contributed by atoms with Gasteiger partial charge in [-0.25, -0.2) is 8.42 Å². The molecule has 0 N–H and O–H groups in total. The molecule has 2 saturated heterocycles. The van der Waals surface area contributed by atoms with E-state index in [0.717, 1.165) is 44.0 Å². The lowest BCUT2D eigenvalue weighted by Crippen LogP contribution is -2.53. The van der Waals surface area contributed by atoms with Gasteiger partial charge in [-0.05, 0) is 44.0 Å². The van der Waals surface area contributed by atoms with Crippen LogP contribution in [0.3, 0.4) is 0 Å². The summed E-state index contributed by atoms with van der Waals surface area (Å²) in [4.78, 5) is 19.4. The van der Waals surface area contributed by atoms with Crippen molar-refractivity contribution in [3.8, 4) is 5.75 Å². The van der Waals surface area contributed by atoms with E-state index in [9.17, 15) is 13.2 Å². The zero-order valence-electron chi connectivity index (χ0n) is 17.7. The van der Waals surface area contributed by atoms with Crippen LogP contribution in [0.15, 0.2) is 24.3 Å². The molecule has 2 aliphatic rings. The Morgan fingerprint density at radius 1 is 1.21 bits per heavy atom. The number of carbonyl (C=O) groups excluding carboxylic acids is 1. The number of sulfone groups is 1. The maximum absolute atomic E-state index is 13.1. The molecule has 1 amide bonds. The van der Waals surface area contributed by atoms with Crippen molar-refractivity contribution in [2.45, 2.75) is 38.8 Å². The molecule has 0 radical (unpaired) electrons. The zero-order chi connectivity index (χ0) is 21.0. The number of amides is 1. The fourth-order valence-corrected chi connectivity index (χ4v) is 5.94. The molecule has 162 valence electrons. The minimum absolute atomic E-state index is 0.0550. The second kappa shape index (κ2) is 9.34. The first-order chi connectivity index (χ1) is 13.8. The van der Waals surface area contributed by atoms with Crippen molar-refractivity contribution in [2.75, 3.05) is 56.2 Å². The largest absolute Gasteiger partial charge is 0.497 e. The quantitative estimate of drug-likeness (QED) is 0.664. The second-order valence-electron chi connectivity index (χ2n) is 8.08. The Hall–Kier alpha value is -1.80. The molecule has 2 atom stereocenters. The van der Waals surface area contributed by atoms with E-state index in [1.165, 1.54) is 0 Å². The van der Waals surface area contributed by atoms with E-state index in [-0.39, 0.29) is 29.5 Å².